The third-order valence-electron chi connectivity index (χ3n) is 11.3. The Labute approximate surface area is 335 Å². The number of thiophene rings is 1. The predicted octanol–water partition coefficient (Wildman–Crippen LogP) is 10.7. The SMILES string of the molecule is c1ccc(-c2cc(-n3c4cc5sc6ccccc6c5cc4c4nc([Si](c5ccccc5)(c5ccccc5)c5ccccc5)ccc43)cc(-c3ccccc3)n2)cc1. The fourth-order valence-electron chi connectivity index (χ4n) is 8.75. The lowest BCUT2D eigenvalue weighted by Crippen LogP contribution is -2.75. The van der Waals surface area contributed by atoms with Crippen molar-refractivity contribution in [1.82, 2.24) is 14.5 Å². The molecular formula is C52H35N3SSi. The summed E-state index contributed by atoms with van der Waals surface area (Å²) in [6, 6.07) is 76.8. The van der Waals surface area contributed by atoms with Crippen LogP contribution in [0, 0.1) is 0 Å². The Bertz CT molecular complexity index is 3060. The lowest BCUT2D eigenvalue weighted by Gasteiger charge is -2.33. The van der Waals surface area contributed by atoms with Crippen LogP contribution in [0.25, 0.3) is 70.3 Å². The highest BCUT2D eigenvalue weighted by atomic mass is 32.1. The summed E-state index contributed by atoms with van der Waals surface area (Å²) in [6.45, 7) is 0. The molecule has 4 aromatic heterocycles. The fourth-order valence-corrected chi connectivity index (χ4v) is 14.4. The van der Waals surface area contributed by atoms with Crippen molar-refractivity contribution in [3.63, 3.8) is 0 Å². The maximum absolute atomic E-state index is 5.91. The number of nitrogens with zero attached hydrogens (tertiary/aromatic N) is 3. The molecule has 11 rings (SSSR count). The highest BCUT2D eigenvalue weighted by Gasteiger charge is 2.43. The van der Waals surface area contributed by atoms with Gasteiger partial charge in [-0.1, -0.05) is 170 Å². The van der Waals surface area contributed by atoms with Gasteiger partial charge in [0.05, 0.1) is 33.6 Å². The number of hydrogen-bond acceptors (Lipinski definition) is 3. The molecule has 0 fully saturated rings. The number of fused-ring (bicyclic) bond motifs is 6. The molecule has 11 aromatic rings. The first-order valence-electron chi connectivity index (χ1n) is 19.3. The molecule has 0 aliphatic heterocycles. The molecule has 268 valence electrons. The molecule has 0 spiro atoms. The number of aromatic nitrogens is 3. The van der Waals surface area contributed by atoms with E-state index in [-0.39, 0.29) is 0 Å². The van der Waals surface area contributed by atoms with E-state index in [1.165, 1.54) is 35.7 Å². The van der Waals surface area contributed by atoms with Crippen LogP contribution < -0.4 is 20.9 Å². The zero-order chi connectivity index (χ0) is 37.8. The highest BCUT2D eigenvalue weighted by molar-refractivity contribution is 7.26. The minimum atomic E-state index is -2.89. The quantitative estimate of drug-likeness (QED) is 0.120. The summed E-state index contributed by atoms with van der Waals surface area (Å²) >= 11 is 1.85. The van der Waals surface area contributed by atoms with Gasteiger partial charge in [-0.3, -0.25) is 4.98 Å². The van der Waals surface area contributed by atoms with Crippen LogP contribution in [0.3, 0.4) is 0 Å². The molecule has 0 atom stereocenters. The molecule has 5 heteroatoms. The normalized spacial score (nSPS) is 11.9. The van der Waals surface area contributed by atoms with Gasteiger partial charge in [0, 0.05) is 42.0 Å². The molecule has 0 saturated heterocycles. The summed E-state index contributed by atoms with van der Waals surface area (Å²) in [4.78, 5) is 11.2. The van der Waals surface area contributed by atoms with Gasteiger partial charge < -0.3 is 4.57 Å². The van der Waals surface area contributed by atoms with Gasteiger partial charge in [-0.2, -0.15) is 0 Å². The molecule has 0 radical (unpaired) electrons. The van der Waals surface area contributed by atoms with Crippen molar-refractivity contribution >= 4 is 82.4 Å². The first-order valence-corrected chi connectivity index (χ1v) is 22.1. The molecule has 0 bridgehead atoms. The van der Waals surface area contributed by atoms with Crippen LogP contribution in [0.1, 0.15) is 0 Å². The molecule has 57 heavy (non-hydrogen) atoms. The maximum atomic E-state index is 5.91. The van der Waals surface area contributed by atoms with Gasteiger partial charge in [0.25, 0.3) is 0 Å². The van der Waals surface area contributed by atoms with Crippen LogP contribution in [0.5, 0.6) is 0 Å². The Kier molecular flexibility index (Phi) is 8.02. The summed E-state index contributed by atoms with van der Waals surface area (Å²) < 4.78 is 4.97. The van der Waals surface area contributed by atoms with Crippen molar-refractivity contribution in [2.45, 2.75) is 0 Å². The zero-order valence-electron chi connectivity index (χ0n) is 31.0. The maximum Gasteiger partial charge on any atom is 0.201 e. The fraction of sp³-hybridized carbons (Fsp3) is 0. The highest BCUT2D eigenvalue weighted by Crippen LogP contribution is 2.41. The van der Waals surface area contributed by atoms with E-state index < -0.39 is 8.07 Å². The Morgan fingerprint density at radius 2 is 0.895 bits per heavy atom. The van der Waals surface area contributed by atoms with E-state index in [1.807, 2.05) is 11.3 Å². The van der Waals surface area contributed by atoms with E-state index in [1.54, 1.807) is 0 Å². The van der Waals surface area contributed by atoms with Crippen molar-refractivity contribution in [1.29, 1.82) is 0 Å². The summed E-state index contributed by atoms with van der Waals surface area (Å²) in [5.41, 5.74) is 8.26. The van der Waals surface area contributed by atoms with Crippen molar-refractivity contribution < 1.29 is 0 Å². The molecule has 0 aliphatic rings. The van der Waals surface area contributed by atoms with E-state index in [0.717, 1.165) is 55.5 Å². The van der Waals surface area contributed by atoms with Crippen LogP contribution in [0.15, 0.2) is 212 Å². The second kappa shape index (κ2) is 13.7. The van der Waals surface area contributed by atoms with Gasteiger partial charge in [0.1, 0.15) is 0 Å². The molecule has 0 amide bonds. The molecule has 3 nitrogen and oxygen atoms in total. The first kappa shape index (κ1) is 33.4. The van der Waals surface area contributed by atoms with Gasteiger partial charge in [0.2, 0.25) is 8.07 Å². The predicted molar refractivity (Wildman–Crippen MR) is 244 cm³/mol. The molecule has 7 aromatic carbocycles. The Balaban J connectivity index is 1.27. The van der Waals surface area contributed by atoms with Crippen molar-refractivity contribution in [3.05, 3.63) is 212 Å². The average molecular weight is 762 g/mol. The zero-order valence-corrected chi connectivity index (χ0v) is 32.8. The van der Waals surface area contributed by atoms with Crippen LogP contribution in [0.4, 0.5) is 0 Å². The van der Waals surface area contributed by atoms with Crippen LogP contribution in [-0.2, 0) is 0 Å². The van der Waals surface area contributed by atoms with E-state index >= 15 is 0 Å². The topological polar surface area (TPSA) is 30.7 Å². The standard InChI is InChI=1S/C52H35N3SSi/c1-6-18-36(19-7-1)45-32-38(33-46(53-45)37-20-8-2-9-21-37)55-47-30-31-51(54-52(47)44-34-43-42-28-16-17-29-49(42)56-50(43)35-48(44)55)57(39-22-10-3-11-23-39,40-24-12-4-13-25-40)41-26-14-5-15-27-41/h1-35H. The Morgan fingerprint density at radius 1 is 0.386 bits per heavy atom. The number of pyridine rings is 2. The van der Waals surface area contributed by atoms with Crippen LogP contribution in [-0.4, -0.2) is 22.6 Å². The summed E-state index contributed by atoms with van der Waals surface area (Å²) in [6.07, 6.45) is 0. The smallest absolute Gasteiger partial charge is 0.201 e. The third kappa shape index (κ3) is 5.46. The average Bonchev–Trinajstić information content (AvgIpc) is 3.82. The van der Waals surface area contributed by atoms with Gasteiger partial charge in [-0.05, 0) is 58.0 Å². The van der Waals surface area contributed by atoms with Gasteiger partial charge in [0.15, 0.2) is 0 Å². The second-order valence-electron chi connectivity index (χ2n) is 14.5. The van der Waals surface area contributed by atoms with E-state index in [0.29, 0.717) is 0 Å². The van der Waals surface area contributed by atoms with E-state index in [9.17, 15) is 0 Å². The van der Waals surface area contributed by atoms with Crippen molar-refractivity contribution in [2.75, 3.05) is 0 Å². The van der Waals surface area contributed by atoms with Crippen molar-refractivity contribution in [2.24, 2.45) is 0 Å². The Hall–Kier alpha value is -6.92. The summed E-state index contributed by atoms with van der Waals surface area (Å²) in [5, 5.41) is 8.70. The number of benzene rings is 7. The molecule has 0 aliphatic carbocycles. The molecule has 0 N–H and O–H groups in total. The minimum absolute atomic E-state index is 0.929. The van der Waals surface area contributed by atoms with Gasteiger partial charge in [-0.15, -0.1) is 11.3 Å². The largest absolute Gasteiger partial charge is 0.307 e. The third-order valence-corrected chi connectivity index (χ3v) is 17.1. The van der Waals surface area contributed by atoms with Gasteiger partial charge >= 0.3 is 0 Å². The molecular weight excluding hydrogens is 727 g/mol. The number of rotatable bonds is 7. The van der Waals surface area contributed by atoms with Crippen LogP contribution >= 0.6 is 11.3 Å². The van der Waals surface area contributed by atoms with Crippen molar-refractivity contribution in [3.8, 4) is 28.2 Å². The Morgan fingerprint density at radius 3 is 1.46 bits per heavy atom. The lowest BCUT2D eigenvalue weighted by atomic mass is 10.1. The van der Waals surface area contributed by atoms with Gasteiger partial charge in [-0.25, -0.2) is 4.98 Å². The lowest BCUT2D eigenvalue weighted by molar-refractivity contribution is 1.16. The molecule has 0 saturated carbocycles. The summed E-state index contributed by atoms with van der Waals surface area (Å²) in [7, 11) is -2.89. The minimum Gasteiger partial charge on any atom is -0.307 e. The van der Waals surface area contributed by atoms with E-state index in [2.05, 4.69) is 217 Å². The monoisotopic (exact) mass is 761 g/mol. The van der Waals surface area contributed by atoms with Crippen LogP contribution in [0.2, 0.25) is 0 Å². The second-order valence-corrected chi connectivity index (χ2v) is 19.4. The molecule has 4 heterocycles. The molecule has 0 unspecified atom stereocenters. The summed E-state index contributed by atoms with van der Waals surface area (Å²) in [5.74, 6) is 0. The number of hydrogen-bond donors (Lipinski definition) is 0. The van der Waals surface area contributed by atoms with E-state index in [4.69, 9.17) is 9.97 Å². The first-order chi connectivity index (χ1) is 28.3.